The molecule has 1 aromatic heterocycles. The van der Waals surface area contributed by atoms with Crippen molar-refractivity contribution in [2.24, 2.45) is 5.73 Å². The van der Waals surface area contributed by atoms with Crippen LogP contribution >= 0.6 is 0 Å². The molecule has 1 amide bonds. The molecule has 0 bridgehead atoms. The van der Waals surface area contributed by atoms with Crippen molar-refractivity contribution in [3.63, 3.8) is 0 Å². The summed E-state index contributed by atoms with van der Waals surface area (Å²) < 4.78 is 45.3. The van der Waals surface area contributed by atoms with E-state index in [2.05, 4.69) is 4.74 Å². The largest absolute Gasteiger partial charge is 0.573 e. The van der Waals surface area contributed by atoms with Crippen molar-refractivity contribution in [1.82, 2.24) is 0 Å². The highest BCUT2D eigenvalue weighted by Gasteiger charge is 2.30. The Balaban J connectivity index is 2.14. The number of alkyl halides is 3. The van der Waals surface area contributed by atoms with Crippen LogP contribution in [-0.4, -0.2) is 12.3 Å². The number of primary amides is 1. The Hall–Kier alpha value is -2.70. The van der Waals surface area contributed by atoms with Gasteiger partial charge in [-0.05, 0) is 42.5 Å². The van der Waals surface area contributed by atoms with E-state index in [-0.39, 0.29) is 5.75 Å². The van der Waals surface area contributed by atoms with Gasteiger partial charge in [-0.1, -0.05) is 0 Å². The monoisotopic (exact) mass is 297 g/mol. The number of halogens is 3. The smallest absolute Gasteiger partial charge is 0.457 e. The summed E-state index contributed by atoms with van der Waals surface area (Å²) in [5.41, 5.74) is 5.52. The number of carbonyl (C=O) groups excluding carboxylic acids is 1. The molecule has 0 atom stereocenters. The molecule has 110 valence electrons. The van der Waals surface area contributed by atoms with Gasteiger partial charge in [0.05, 0.1) is 0 Å². The zero-order valence-electron chi connectivity index (χ0n) is 10.6. The van der Waals surface area contributed by atoms with Crippen LogP contribution in [0.3, 0.4) is 0 Å². The molecule has 0 saturated heterocycles. The molecule has 4 nitrogen and oxygen atoms in total. The van der Waals surface area contributed by atoms with E-state index >= 15 is 0 Å². The molecule has 0 aliphatic rings. The maximum absolute atomic E-state index is 12.0. The summed E-state index contributed by atoms with van der Waals surface area (Å²) in [6.07, 6.45) is -2.19. The molecule has 21 heavy (non-hydrogen) atoms. The molecule has 0 spiro atoms. The second-order valence-electron chi connectivity index (χ2n) is 4.01. The highest BCUT2D eigenvalue weighted by Crippen LogP contribution is 2.27. The summed E-state index contributed by atoms with van der Waals surface area (Å²) in [6, 6.07) is 8.46. The molecular weight excluding hydrogens is 287 g/mol. The molecule has 0 aliphatic carbocycles. The van der Waals surface area contributed by atoms with E-state index < -0.39 is 12.3 Å². The fraction of sp³-hybridized carbons (Fsp3) is 0.0714. The summed E-state index contributed by atoms with van der Waals surface area (Å²) in [7, 11) is 0. The van der Waals surface area contributed by atoms with Gasteiger partial charge in [0.25, 0.3) is 0 Å². The quantitative estimate of drug-likeness (QED) is 0.880. The Bertz CT molecular complexity index is 657. The minimum Gasteiger partial charge on any atom is -0.457 e. The van der Waals surface area contributed by atoms with Crippen LogP contribution in [0.1, 0.15) is 5.76 Å². The van der Waals surface area contributed by atoms with E-state index in [1.165, 1.54) is 30.3 Å². The Morgan fingerprint density at radius 2 is 1.81 bits per heavy atom. The number of rotatable bonds is 4. The average molecular weight is 297 g/mol. The molecule has 2 rings (SSSR count). The van der Waals surface area contributed by atoms with Gasteiger partial charge in [0, 0.05) is 11.6 Å². The normalized spacial score (nSPS) is 11.8. The van der Waals surface area contributed by atoms with Crippen molar-refractivity contribution in [2.45, 2.75) is 6.36 Å². The number of carbonyl (C=O) groups is 1. The van der Waals surface area contributed by atoms with Crippen LogP contribution in [0.25, 0.3) is 17.4 Å². The zero-order valence-corrected chi connectivity index (χ0v) is 10.6. The Labute approximate surface area is 117 Å². The third kappa shape index (κ3) is 4.41. The van der Waals surface area contributed by atoms with E-state index in [1.54, 1.807) is 12.1 Å². The first-order chi connectivity index (χ1) is 9.83. The third-order valence-electron chi connectivity index (χ3n) is 2.41. The second-order valence-corrected chi connectivity index (χ2v) is 4.01. The molecule has 0 radical (unpaired) electrons. The van der Waals surface area contributed by atoms with Gasteiger partial charge in [-0.15, -0.1) is 13.2 Å². The van der Waals surface area contributed by atoms with Gasteiger partial charge in [-0.3, -0.25) is 4.79 Å². The lowest BCUT2D eigenvalue weighted by molar-refractivity contribution is -0.274. The molecule has 1 heterocycles. The molecule has 0 saturated carbocycles. The molecule has 0 aliphatic heterocycles. The maximum atomic E-state index is 12.0. The van der Waals surface area contributed by atoms with Crippen molar-refractivity contribution in [2.75, 3.05) is 0 Å². The van der Waals surface area contributed by atoms with E-state index in [0.717, 1.165) is 6.08 Å². The van der Waals surface area contributed by atoms with Crippen molar-refractivity contribution in [3.8, 4) is 17.1 Å². The minimum atomic E-state index is -4.72. The third-order valence-corrected chi connectivity index (χ3v) is 2.41. The number of ether oxygens (including phenoxy) is 1. The molecule has 0 fully saturated rings. The maximum Gasteiger partial charge on any atom is 0.573 e. The van der Waals surface area contributed by atoms with Gasteiger partial charge in [-0.2, -0.15) is 0 Å². The topological polar surface area (TPSA) is 65.5 Å². The van der Waals surface area contributed by atoms with Crippen molar-refractivity contribution in [3.05, 3.63) is 48.2 Å². The Morgan fingerprint density at radius 3 is 2.38 bits per heavy atom. The van der Waals surface area contributed by atoms with E-state index in [0.29, 0.717) is 17.1 Å². The lowest BCUT2D eigenvalue weighted by Gasteiger charge is -2.08. The van der Waals surface area contributed by atoms with Crippen LogP contribution in [0.5, 0.6) is 5.75 Å². The SMILES string of the molecule is NC(=O)C=Cc1ccc(-c2ccc(OC(F)(F)F)cc2)o1. The van der Waals surface area contributed by atoms with Crippen LogP contribution in [0.4, 0.5) is 13.2 Å². The number of amides is 1. The first-order valence-electron chi connectivity index (χ1n) is 5.77. The Kier molecular flexibility index (Phi) is 4.02. The van der Waals surface area contributed by atoms with Crippen molar-refractivity contribution >= 4 is 12.0 Å². The van der Waals surface area contributed by atoms with Crippen LogP contribution < -0.4 is 10.5 Å². The first kappa shape index (κ1) is 14.7. The summed E-state index contributed by atoms with van der Waals surface area (Å²) >= 11 is 0. The Morgan fingerprint density at radius 1 is 1.14 bits per heavy atom. The highest BCUT2D eigenvalue weighted by atomic mass is 19.4. The van der Waals surface area contributed by atoms with Gasteiger partial charge in [0.15, 0.2) is 0 Å². The molecule has 1 aromatic carbocycles. The van der Waals surface area contributed by atoms with Crippen LogP contribution in [-0.2, 0) is 4.79 Å². The fourth-order valence-electron chi connectivity index (χ4n) is 1.58. The molecular formula is C14H10F3NO3. The molecule has 0 unspecified atom stereocenters. The van der Waals surface area contributed by atoms with Crippen molar-refractivity contribution in [1.29, 1.82) is 0 Å². The number of furan rings is 1. The lowest BCUT2D eigenvalue weighted by atomic mass is 10.2. The van der Waals surface area contributed by atoms with Gasteiger partial charge >= 0.3 is 6.36 Å². The number of hydrogen-bond acceptors (Lipinski definition) is 3. The highest BCUT2D eigenvalue weighted by molar-refractivity contribution is 5.89. The van der Waals surface area contributed by atoms with Crippen molar-refractivity contribution < 1.29 is 27.1 Å². The lowest BCUT2D eigenvalue weighted by Crippen LogP contribution is -2.16. The molecule has 2 N–H and O–H groups in total. The minimum absolute atomic E-state index is 0.313. The first-order valence-corrected chi connectivity index (χ1v) is 5.77. The van der Waals surface area contributed by atoms with Gasteiger partial charge in [-0.25, -0.2) is 0 Å². The van der Waals surface area contributed by atoms with Crippen LogP contribution in [0.15, 0.2) is 46.9 Å². The zero-order chi connectivity index (χ0) is 15.5. The summed E-state index contributed by atoms with van der Waals surface area (Å²) in [4.78, 5) is 10.6. The van der Waals surface area contributed by atoms with Gasteiger partial charge in [0.1, 0.15) is 17.3 Å². The predicted molar refractivity (Wildman–Crippen MR) is 69.1 cm³/mol. The summed E-state index contributed by atoms with van der Waals surface area (Å²) in [5, 5.41) is 0. The van der Waals surface area contributed by atoms with E-state index in [4.69, 9.17) is 10.2 Å². The second kappa shape index (κ2) is 5.74. The average Bonchev–Trinajstić information content (AvgIpc) is 2.84. The summed E-state index contributed by atoms with van der Waals surface area (Å²) in [6.45, 7) is 0. The number of benzene rings is 1. The van der Waals surface area contributed by atoms with Crippen LogP contribution in [0, 0.1) is 0 Å². The number of hydrogen-bond donors (Lipinski definition) is 1. The standard InChI is InChI=1S/C14H10F3NO3/c15-14(16,17)21-11-3-1-9(2-4-11)12-7-5-10(20-12)6-8-13(18)19/h1-8H,(H2,18,19). The predicted octanol–water partition coefficient (Wildman–Crippen LogP) is 3.34. The molecule has 7 heteroatoms. The van der Waals surface area contributed by atoms with E-state index in [9.17, 15) is 18.0 Å². The van der Waals surface area contributed by atoms with Gasteiger partial charge in [0.2, 0.25) is 5.91 Å². The summed E-state index contributed by atoms with van der Waals surface area (Å²) in [5.74, 6) is -0.0784. The molecule has 2 aromatic rings. The fourth-order valence-corrected chi connectivity index (χ4v) is 1.58. The van der Waals surface area contributed by atoms with Gasteiger partial charge < -0.3 is 14.9 Å². The van der Waals surface area contributed by atoms with Crippen LogP contribution in [0.2, 0.25) is 0 Å². The number of nitrogens with two attached hydrogens (primary N) is 1. The van der Waals surface area contributed by atoms with E-state index in [1.807, 2.05) is 0 Å².